The van der Waals surface area contributed by atoms with Crippen molar-refractivity contribution in [1.82, 2.24) is 0 Å². The molecular formula is C75H75BN2SSi. The molecular weight excluding hydrogens is 1000 g/mol. The molecule has 3 aliphatic rings. The molecule has 5 heteroatoms. The van der Waals surface area contributed by atoms with Crippen LogP contribution in [0.1, 0.15) is 121 Å². The molecule has 0 unspecified atom stereocenters. The van der Waals surface area contributed by atoms with Gasteiger partial charge in [0.2, 0.25) is 0 Å². The maximum Gasteiger partial charge on any atom is 0.264 e. The lowest BCUT2D eigenvalue weighted by molar-refractivity contribution is 0.332. The molecule has 13 rings (SSSR count). The largest absolute Gasteiger partial charge is 0.311 e. The van der Waals surface area contributed by atoms with Crippen LogP contribution in [0.4, 0.5) is 34.1 Å². The number of hydrogen-bond donors (Lipinski definition) is 0. The highest BCUT2D eigenvalue weighted by atomic mass is 32.1. The second-order valence-electron chi connectivity index (χ2n) is 27.0. The number of aryl methyl sites for hydroxylation is 3. The van der Waals surface area contributed by atoms with E-state index in [0.29, 0.717) is 0 Å². The normalized spacial score (nSPS) is 15.3. The van der Waals surface area contributed by atoms with E-state index in [9.17, 15) is 0 Å². The van der Waals surface area contributed by atoms with E-state index in [-0.39, 0.29) is 28.4 Å². The summed E-state index contributed by atoms with van der Waals surface area (Å²) in [4.78, 5) is 5.37. The Labute approximate surface area is 482 Å². The number of hydrogen-bond acceptors (Lipinski definition) is 3. The summed E-state index contributed by atoms with van der Waals surface area (Å²) in [5.74, 6) is 0. The fourth-order valence-electron chi connectivity index (χ4n) is 14.2. The summed E-state index contributed by atoms with van der Waals surface area (Å²) in [5, 5.41) is 6.87. The third-order valence-corrected chi connectivity index (χ3v) is 24.6. The summed E-state index contributed by atoms with van der Waals surface area (Å²) in [7, 11) is -2.76. The molecule has 0 bridgehead atoms. The summed E-state index contributed by atoms with van der Waals surface area (Å²) in [6.07, 6.45) is 2.32. The first-order valence-corrected chi connectivity index (χ1v) is 32.0. The van der Waals surface area contributed by atoms with Gasteiger partial charge in [0.25, 0.3) is 6.71 Å². The van der Waals surface area contributed by atoms with Gasteiger partial charge in [0, 0.05) is 37.6 Å². The summed E-state index contributed by atoms with van der Waals surface area (Å²) in [6, 6.07) is 75.6. The monoisotopic (exact) mass is 1070 g/mol. The van der Waals surface area contributed by atoms with Crippen LogP contribution in [0.5, 0.6) is 0 Å². The Hall–Kier alpha value is -7.18. The van der Waals surface area contributed by atoms with Gasteiger partial charge in [0.15, 0.2) is 8.07 Å². The molecule has 0 saturated carbocycles. The van der Waals surface area contributed by atoms with Crippen molar-refractivity contribution in [3.05, 3.63) is 233 Å². The molecule has 398 valence electrons. The highest BCUT2D eigenvalue weighted by molar-refractivity contribution is 7.33. The van der Waals surface area contributed by atoms with Crippen LogP contribution in [0, 0.1) is 20.8 Å². The lowest BCUT2D eigenvalue weighted by atomic mass is 9.35. The van der Waals surface area contributed by atoms with E-state index in [2.05, 4.69) is 294 Å². The van der Waals surface area contributed by atoms with Gasteiger partial charge in [-0.3, -0.25) is 0 Å². The molecule has 1 aromatic heterocycles. The van der Waals surface area contributed by atoms with Crippen molar-refractivity contribution in [3.8, 4) is 11.1 Å². The molecule has 0 spiro atoms. The molecule has 0 fully saturated rings. The Kier molecular flexibility index (Phi) is 12.2. The minimum Gasteiger partial charge on any atom is -0.311 e. The summed E-state index contributed by atoms with van der Waals surface area (Å²) in [6.45, 7) is 31.1. The number of benzene rings is 9. The van der Waals surface area contributed by atoms with Crippen LogP contribution < -0.4 is 46.2 Å². The first kappa shape index (κ1) is 52.2. The van der Waals surface area contributed by atoms with Crippen LogP contribution >= 0.6 is 11.3 Å². The van der Waals surface area contributed by atoms with Crippen LogP contribution in [0.25, 0.3) is 21.2 Å². The molecule has 3 heterocycles. The molecule has 9 aromatic carbocycles. The number of rotatable bonds is 7. The smallest absolute Gasteiger partial charge is 0.264 e. The number of anilines is 6. The third kappa shape index (κ3) is 8.23. The molecule has 0 saturated heterocycles. The van der Waals surface area contributed by atoms with Crippen LogP contribution in [0.3, 0.4) is 0 Å². The zero-order chi connectivity index (χ0) is 55.8. The molecule has 1 aliphatic carbocycles. The number of nitrogens with zero attached hydrogens (tertiary/aromatic N) is 2. The molecule has 0 radical (unpaired) electrons. The van der Waals surface area contributed by atoms with Gasteiger partial charge in [0.1, 0.15) is 0 Å². The third-order valence-electron chi connectivity index (χ3n) is 18.6. The average molecular weight is 1080 g/mol. The SMILES string of the molecule is Cc1cc2c3c(c1)N(c1ccc(C(C)(C)C)cc1)c1c(sc4ccc(C(C)(C)C)cc14)B3c1cc3c(cc1N2c1c(C)cc(-c2cccc([Si](c4ccccc4)(c4ccccc4)c4ccccc4)c2)cc1C)C(C)(C)CCC3(C)C. The van der Waals surface area contributed by atoms with E-state index in [1.165, 1.54) is 131 Å². The van der Waals surface area contributed by atoms with E-state index < -0.39 is 8.07 Å². The molecule has 0 atom stereocenters. The lowest BCUT2D eigenvalue weighted by Crippen LogP contribution is -2.74. The maximum atomic E-state index is 2.72. The van der Waals surface area contributed by atoms with Crippen LogP contribution in [-0.4, -0.2) is 14.8 Å². The van der Waals surface area contributed by atoms with Gasteiger partial charge < -0.3 is 9.80 Å². The fraction of sp³-hybridized carbons (Fsp3) is 0.253. The maximum absolute atomic E-state index is 2.76. The van der Waals surface area contributed by atoms with Gasteiger partial charge in [0.05, 0.1) is 11.4 Å². The fourth-order valence-corrected chi connectivity index (χ4v) is 20.3. The van der Waals surface area contributed by atoms with Crippen molar-refractivity contribution in [3.63, 3.8) is 0 Å². The Morgan fingerprint density at radius 2 is 0.975 bits per heavy atom. The van der Waals surface area contributed by atoms with Crippen LogP contribution in [0.15, 0.2) is 194 Å². The van der Waals surface area contributed by atoms with Gasteiger partial charge in [-0.25, -0.2) is 0 Å². The predicted molar refractivity (Wildman–Crippen MR) is 352 cm³/mol. The van der Waals surface area contributed by atoms with Gasteiger partial charge >= 0.3 is 0 Å². The van der Waals surface area contributed by atoms with E-state index in [4.69, 9.17) is 0 Å². The molecule has 10 aromatic rings. The topological polar surface area (TPSA) is 6.48 Å². The Morgan fingerprint density at radius 1 is 0.463 bits per heavy atom. The summed E-state index contributed by atoms with van der Waals surface area (Å²) in [5.41, 5.74) is 22.6. The van der Waals surface area contributed by atoms with Gasteiger partial charge in [-0.15, -0.1) is 11.3 Å². The number of thiophene rings is 1. The highest BCUT2D eigenvalue weighted by Gasteiger charge is 2.49. The Balaban J connectivity index is 1.06. The van der Waals surface area contributed by atoms with Gasteiger partial charge in [-0.05, 0) is 192 Å². The molecule has 2 aliphatic heterocycles. The average Bonchev–Trinajstić information content (AvgIpc) is 3.33. The molecule has 0 amide bonds. The van der Waals surface area contributed by atoms with Crippen molar-refractivity contribution in [2.45, 2.75) is 125 Å². The van der Waals surface area contributed by atoms with E-state index in [0.717, 1.165) is 12.8 Å². The minimum atomic E-state index is -2.76. The van der Waals surface area contributed by atoms with Crippen LogP contribution in [0.2, 0.25) is 0 Å². The Morgan fingerprint density at radius 3 is 1.52 bits per heavy atom. The first-order chi connectivity index (χ1) is 38.1. The number of fused-ring (bicyclic) bond motifs is 7. The summed E-state index contributed by atoms with van der Waals surface area (Å²) < 4.78 is 2.78. The van der Waals surface area contributed by atoms with Crippen molar-refractivity contribution in [2.75, 3.05) is 9.80 Å². The lowest BCUT2D eigenvalue weighted by Gasteiger charge is -2.47. The van der Waals surface area contributed by atoms with Crippen molar-refractivity contribution < 1.29 is 0 Å². The Bertz CT molecular complexity index is 3940. The van der Waals surface area contributed by atoms with Gasteiger partial charge in [-0.1, -0.05) is 209 Å². The molecule has 2 nitrogen and oxygen atoms in total. The molecule has 80 heavy (non-hydrogen) atoms. The van der Waals surface area contributed by atoms with Crippen molar-refractivity contribution >= 4 is 107 Å². The first-order valence-electron chi connectivity index (χ1n) is 29.1. The predicted octanol–water partition coefficient (Wildman–Crippen LogP) is 15.9. The van der Waals surface area contributed by atoms with E-state index >= 15 is 0 Å². The van der Waals surface area contributed by atoms with Crippen LogP contribution in [-0.2, 0) is 21.7 Å². The van der Waals surface area contributed by atoms with E-state index in [1.54, 1.807) is 0 Å². The zero-order valence-corrected chi connectivity index (χ0v) is 51.1. The molecule has 0 N–H and O–H groups in total. The second-order valence-corrected chi connectivity index (χ2v) is 31.9. The summed E-state index contributed by atoms with van der Waals surface area (Å²) >= 11 is 2.01. The van der Waals surface area contributed by atoms with Crippen molar-refractivity contribution in [2.24, 2.45) is 0 Å². The standard InChI is InChI=1S/C75H75BN2SSi/c1-48-40-65-68-66(41-48)78(69-49(2)42-52(43-50(69)3)51-24-23-31-59(44-51)80(56-25-17-14-18-26-56,57-27-19-15-20-28-57)58-29-21-16-22-30-58)64-47-62-61(74(10,11)38-39-75(62,12)13)46-63(64)76(68)71-70(60-45-54(73(7,8)9)34-37-67(60)79-71)77(65)55-35-32-53(33-36-55)72(4,5)6/h14-37,40-47H,38-39H2,1-13H3. The van der Waals surface area contributed by atoms with E-state index in [1.807, 2.05) is 11.3 Å². The van der Waals surface area contributed by atoms with Gasteiger partial charge in [-0.2, -0.15) is 0 Å². The highest BCUT2D eigenvalue weighted by Crippen LogP contribution is 2.53. The minimum absolute atomic E-state index is 0.000780. The van der Waals surface area contributed by atoms with Crippen molar-refractivity contribution in [1.29, 1.82) is 0 Å². The quantitative estimate of drug-likeness (QED) is 0.116. The zero-order valence-electron chi connectivity index (χ0n) is 49.3. The second kappa shape index (κ2) is 18.7.